The largest absolute Gasteiger partial charge is 0.465 e. The van der Waals surface area contributed by atoms with E-state index in [0.29, 0.717) is 18.5 Å². The van der Waals surface area contributed by atoms with Gasteiger partial charge in [-0.15, -0.1) is 0 Å². The van der Waals surface area contributed by atoms with Crippen molar-refractivity contribution >= 4 is 5.97 Å². The molecular formula is C11H16N2O2. The van der Waals surface area contributed by atoms with Gasteiger partial charge in [0.15, 0.2) is 0 Å². The molecule has 4 heteroatoms. The summed E-state index contributed by atoms with van der Waals surface area (Å²) in [7, 11) is 1.35. The monoisotopic (exact) mass is 208 g/mol. The van der Waals surface area contributed by atoms with E-state index in [2.05, 4.69) is 4.74 Å². The lowest BCUT2D eigenvalue weighted by Crippen LogP contribution is -2.18. The SMILES string of the molecule is COC(=O)c1ccccc1[C@H](N)CCN. The summed E-state index contributed by atoms with van der Waals surface area (Å²) in [6, 6.07) is 6.94. The highest BCUT2D eigenvalue weighted by Gasteiger charge is 2.15. The number of nitrogens with two attached hydrogens (primary N) is 2. The molecule has 0 unspecified atom stereocenters. The summed E-state index contributed by atoms with van der Waals surface area (Å²) < 4.78 is 4.68. The molecule has 0 heterocycles. The molecule has 82 valence electrons. The Balaban J connectivity index is 3.00. The van der Waals surface area contributed by atoms with Gasteiger partial charge in [0.1, 0.15) is 0 Å². The second-order valence-corrected chi connectivity index (χ2v) is 3.26. The molecule has 0 spiro atoms. The van der Waals surface area contributed by atoms with Gasteiger partial charge in [0.2, 0.25) is 0 Å². The Morgan fingerprint density at radius 1 is 1.47 bits per heavy atom. The van der Waals surface area contributed by atoms with Crippen LogP contribution in [0.3, 0.4) is 0 Å². The van der Waals surface area contributed by atoms with E-state index >= 15 is 0 Å². The lowest BCUT2D eigenvalue weighted by atomic mass is 9.99. The van der Waals surface area contributed by atoms with E-state index in [4.69, 9.17) is 11.5 Å². The van der Waals surface area contributed by atoms with Crippen LogP contribution in [0.5, 0.6) is 0 Å². The van der Waals surface area contributed by atoms with E-state index in [9.17, 15) is 4.79 Å². The lowest BCUT2D eigenvalue weighted by molar-refractivity contribution is 0.0599. The molecule has 1 aromatic rings. The molecule has 0 aromatic heterocycles. The van der Waals surface area contributed by atoms with Crippen LogP contribution in [0.2, 0.25) is 0 Å². The molecule has 0 saturated carbocycles. The first-order valence-electron chi connectivity index (χ1n) is 4.83. The maximum Gasteiger partial charge on any atom is 0.338 e. The Labute approximate surface area is 89.2 Å². The summed E-state index contributed by atoms with van der Waals surface area (Å²) >= 11 is 0. The van der Waals surface area contributed by atoms with Crippen molar-refractivity contribution in [2.45, 2.75) is 12.5 Å². The molecule has 0 aliphatic heterocycles. The fourth-order valence-electron chi connectivity index (χ4n) is 1.45. The van der Waals surface area contributed by atoms with E-state index < -0.39 is 0 Å². The maximum absolute atomic E-state index is 11.4. The van der Waals surface area contributed by atoms with E-state index in [-0.39, 0.29) is 12.0 Å². The van der Waals surface area contributed by atoms with Crippen molar-refractivity contribution in [2.75, 3.05) is 13.7 Å². The van der Waals surface area contributed by atoms with E-state index in [1.54, 1.807) is 12.1 Å². The van der Waals surface area contributed by atoms with Crippen molar-refractivity contribution in [3.8, 4) is 0 Å². The number of methoxy groups -OCH3 is 1. The number of ether oxygens (including phenoxy) is 1. The number of hydrogen-bond acceptors (Lipinski definition) is 4. The number of carbonyl (C=O) groups is 1. The van der Waals surface area contributed by atoms with Crippen LogP contribution in [0.4, 0.5) is 0 Å². The van der Waals surface area contributed by atoms with Gasteiger partial charge in [0.25, 0.3) is 0 Å². The van der Waals surface area contributed by atoms with Crippen LogP contribution in [0.15, 0.2) is 24.3 Å². The number of esters is 1. The minimum absolute atomic E-state index is 0.217. The molecule has 1 aromatic carbocycles. The summed E-state index contributed by atoms with van der Waals surface area (Å²) in [6.45, 7) is 0.497. The van der Waals surface area contributed by atoms with E-state index in [0.717, 1.165) is 5.56 Å². The Morgan fingerprint density at radius 3 is 2.73 bits per heavy atom. The van der Waals surface area contributed by atoms with Crippen molar-refractivity contribution in [1.29, 1.82) is 0 Å². The number of benzene rings is 1. The molecule has 0 radical (unpaired) electrons. The van der Waals surface area contributed by atoms with Crippen LogP contribution in [-0.2, 0) is 4.74 Å². The fourth-order valence-corrected chi connectivity index (χ4v) is 1.45. The van der Waals surface area contributed by atoms with Crippen molar-refractivity contribution < 1.29 is 9.53 Å². The Kier molecular flexibility index (Phi) is 4.27. The summed E-state index contributed by atoms with van der Waals surface area (Å²) in [4.78, 5) is 11.4. The van der Waals surface area contributed by atoms with Gasteiger partial charge < -0.3 is 16.2 Å². The molecule has 0 aliphatic carbocycles. The van der Waals surface area contributed by atoms with Crippen molar-refractivity contribution in [1.82, 2.24) is 0 Å². The van der Waals surface area contributed by atoms with Crippen LogP contribution in [0, 0.1) is 0 Å². The summed E-state index contributed by atoms with van der Waals surface area (Å²) in [5.41, 5.74) is 12.6. The van der Waals surface area contributed by atoms with Crippen LogP contribution in [0.1, 0.15) is 28.4 Å². The molecule has 0 amide bonds. The third-order valence-corrected chi connectivity index (χ3v) is 2.24. The van der Waals surface area contributed by atoms with Crippen LogP contribution in [0.25, 0.3) is 0 Å². The second-order valence-electron chi connectivity index (χ2n) is 3.26. The first kappa shape index (κ1) is 11.7. The van der Waals surface area contributed by atoms with Gasteiger partial charge in [-0.3, -0.25) is 0 Å². The van der Waals surface area contributed by atoms with Gasteiger partial charge in [-0.2, -0.15) is 0 Å². The molecule has 4 nitrogen and oxygen atoms in total. The van der Waals surface area contributed by atoms with Gasteiger partial charge >= 0.3 is 5.97 Å². The molecule has 1 rings (SSSR count). The summed E-state index contributed by atoms with van der Waals surface area (Å²) in [6.07, 6.45) is 0.647. The standard InChI is InChI=1S/C11H16N2O2/c1-15-11(14)9-5-3-2-4-8(9)10(13)6-7-12/h2-5,10H,6-7,12-13H2,1H3/t10-/m1/s1. The Morgan fingerprint density at radius 2 is 2.13 bits per heavy atom. The summed E-state index contributed by atoms with van der Waals surface area (Å²) in [5.74, 6) is -0.363. The minimum atomic E-state index is -0.363. The fraction of sp³-hybridized carbons (Fsp3) is 0.364. The predicted octanol–water partition coefficient (Wildman–Crippen LogP) is 0.822. The van der Waals surface area contributed by atoms with Crippen LogP contribution < -0.4 is 11.5 Å². The van der Waals surface area contributed by atoms with Gasteiger partial charge in [0.05, 0.1) is 12.7 Å². The van der Waals surface area contributed by atoms with Gasteiger partial charge in [-0.1, -0.05) is 18.2 Å². The normalized spacial score (nSPS) is 12.2. The first-order chi connectivity index (χ1) is 7.20. The van der Waals surface area contributed by atoms with Crippen molar-refractivity contribution in [3.05, 3.63) is 35.4 Å². The quantitative estimate of drug-likeness (QED) is 0.718. The molecule has 4 N–H and O–H groups in total. The maximum atomic E-state index is 11.4. The predicted molar refractivity (Wildman–Crippen MR) is 58.4 cm³/mol. The van der Waals surface area contributed by atoms with Crippen LogP contribution >= 0.6 is 0 Å². The molecule has 0 saturated heterocycles. The highest BCUT2D eigenvalue weighted by Crippen LogP contribution is 2.18. The van der Waals surface area contributed by atoms with Crippen LogP contribution in [-0.4, -0.2) is 19.6 Å². The molecule has 1 atom stereocenters. The van der Waals surface area contributed by atoms with Crippen molar-refractivity contribution in [3.63, 3.8) is 0 Å². The van der Waals surface area contributed by atoms with Gasteiger partial charge in [-0.25, -0.2) is 4.79 Å². The van der Waals surface area contributed by atoms with Crippen molar-refractivity contribution in [2.24, 2.45) is 11.5 Å². The minimum Gasteiger partial charge on any atom is -0.465 e. The second kappa shape index (κ2) is 5.48. The smallest absolute Gasteiger partial charge is 0.338 e. The van der Waals surface area contributed by atoms with E-state index in [1.807, 2.05) is 12.1 Å². The topological polar surface area (TPSA) is 78.3 Å². The molecular weight excluding hydrogens is 192 g/mol. The zero-order valence-electron chi connectivity index (χ0n) is 8.77. The zero-order chi connectivity index (χ0) is 11.3. The number of carbonyl (C=O) groups excluding carboxylic acids is 1. The zero-order valence-corrected chi connectivity index (χ0v) is 8.77. The molecule has 0 bridgehead atoms. The lowest BCUT2D eigenvalue weighted by Gasteiger charge is -2.14. The van der Waals surface area contributed by atoms with Gasteiger partial charge in [0, 0.05) is 6.04 Å². The molecule has 0 fully saturated rings. The highest BCUT2D eigenvalue weighted by molar-refractivity contribution is 5.91. The highest BCUT2D eigenvalue weighted by atomic mass is 16.5. The van der Waals surface area contributed by atoms with Gasteiger partial charge in [-0.05, 0) is 24.6 Å². The summed E-state index contributed by atoms with van der Waals surface area (Å²) in [5, 5.41) is 0. The Hall–Kier alpha value is -1.39. The Bertz CT molecular complexity index is 339. The molecule has 15 heavy (non-hydrogen) atoms. The third kappa shape index (κ3) is 2.78. The number of rotatable bonds is 4. The first-order valence-corrected chi connectivity index (χ1v) is 4.83. The number of hydrogen-bond donors (Lipinski definition) is 2. The third-order valence-electron chi connectivity index (χ3n) is 2.24. The van der Waals surface area contributed by atoms with E-state index in [1.165, 1.54) is 7.11 Å². The average molecular weight is 208 g/mol. The average Bonchev–Trinajstić information content (AvgIpc) is 2.28. The molecule has 0 aliphatic rings.